The van der Waals surface area contributed by atoms with E-state index in [1.54, 1.807) is 0 Å². The zero-order valence-corrected chi connectivity index (χ0v) is 13.8. The topological polar surface area (TPSA) is 52.6 Å². The summed E-state index contributed by atoms with van der Waals surface area (Å²) in [4.78, 5) is 14.7. The van der Waals surface area contributed by atoms with Crippen LogP contribution in [0.3, 0.4) is 0 Å². The Hall–Kier alpha value is -1.20. The van der Waals surface area contributed by atoms with E-state index in [4.69, 9.17) is 0 Å². The fourth-order valence-electron chi connectivity index (χ4n) is 2.71. The lowest BCUT2D eigenvalue weighted by molar-refractivity contribution is 0.0694. The van der Waals surface area contributed by atoms with Gasteiger partial charge in [-0.05, 0) is 56.8 Å². The van der Waals surface area contributed by atoms with Crippen LogP contribution in [-0.4, -0.2) is 48.9 Å². The zero-order chi connectivity index (χ0) is 15.5. The van der Waals surface area contributed by atoms with E-state index in [1.807, 2.05) is 24.5 Å². The van der Waals surface area contributed by atoms with Crippen molar-refractivity contribution in [3.05, 3.63) is 23.8 Å². The lowest BCUT2D eigenvalue weighted by Gasteiger charge is -2.38. The number of likely N-dealkylation sites (tertiary alicyclic amines) is 1. The van der Waals surface area contributed by atoms with Gasteiger partial charge in [0.15, 0.2) is 0 Å². The number of hydrogen-bond acceptors (Lipinski definition) is 4. The van der Waals surface area contributed by atoms with Crippen LogP contribution < -0.4 is 5.32 Å². The van der Waals surface area contributed by atoms with Gasteiger partial charge in [-0.25, -0.2) is 4.79 Å². The van der Waals surface area contributed by atoms with Crippen LogP contribution >= 0.6 is 11.8 Å². The highest BCUT2D eigenvalue weighted by Crippen LogP contribution is 2.32. The van der Waals surface area contributed by atoms with Gasteiger partial charge in [0.2, 0.25) is 0 Å². The van der Waals surface area contributed by atoms with E-state index in [2.05, 4.69) is 24.2 Å². The molecule has 0 spiro atoms. The fraction of sp³-hybridized carbons (Fsp3) is 0.562. The SMILES string of the molecule is CSc1cccc(NCC2(C)CCN(C)CC2)c1C(=O)O. The number of nitrogens with one attached hydrogen (secondary N) is 1. The number of anilines is 1. The predicted octanol–water partition coefficient (Wildman–Crippen LogP) is 3.25. The van der Waals surface area contributed by atoms with Gasteiger partial charge in [0.25, 0.3) is 0 Å². The van der Waals surface area contributed by atoms with Gasteiger partial charge in [-0.1, -0.05) is 13.0 Å². The Bertz CT molecular complexity index is 511. The third-order valence-electron chi connectivity index (χ3n) is 4.36. The van der Waals surface area contributed by atoms with Gasteiger partial charge in [0.1, 0.15) is 0 Å². The Morgan fingerprint density at radius 2 is 2.10 bits per heavy atom. The van der Waals surface area contributed by atoms with Crippen LogP contribution in [0.5, 0.6) is 0 Å². The van der Waals surface area contributed by atoms with Crippen LogP contribution in [-0.2, 0) is 0 Å². The molecule has 0 amide bonds. The summed E-state index contributed by atoms with van der Waals surface area (Å²) in [5.74, 6) is -0.865. The molecule has 1 heterocycles. The van der Waals surface area contributed by atoms with E-state index >= 15 is 0 Å². The Kier molecular flexibility index (Phi) is 5.17. The number of carbonyl (C=O) groups is 1. The lowest BCUT2D eigenvalue weighted by atomic mass is 9.80. The molecule has 1 aliphatic heterocycles. The van der Waals surface area contributed by atoms with Crippen molar-refractivity contribution in [2.24, 2.45) is 5.41 Å². The van der Waals surface area contributed by atoms with E-state index in [1.165, 1.54) is 11.8 Å². The number of aromatic carboxylic acids is 1. The second-order valence-corrected chi connectivity index (χ2v) is 7.00. The fourth-order valence-corrected chi connectivity index (χ4v) is 3.33. The van der Waals surface area contributed by atoms with Crippen molar-refractivity contribution in [2.45, 2.75) is 24.7 Å². The van der Waals surface area contributed by atoms with Gasteiger partial charge in [0.05, 0.1) is 5.56 Å². The summed E-state index contributed by atoms with van der Waals surface area (Å²) >= 11 is 1.47. The molecule has 21 heavy (non-hydrogen) atoms. The monoisotopic (exact) mass is 308 g/mol. The molecule has 1 fully saturated rings. The first kappa shape index (κ1) is 16.2. The zero-order valence-electron chi connectivity index (χ0n) is 13.0. The lowest BCUT2D eigenvalue weighted by Crippen LogP contribution is -2.40. The number of thioether (sulfide) groups is 1. The maximum atomic E-state index is 11.5. The quantitative estimate of drug-likeness (QED) is 0.818. The van der Waals surface area contributed by atoms with Gasteiger partial charge >= 0.3 is 5.97 Å². The van der Waals surface area contributed by atoms with E-state index in [0.29, 0.717) is 5.56 Å². The molecule has 0 atom stereocenters. The summed E-state index contributed by atoms with van der Waals surface area (Å²) in [5, 5.41) is 12.8. The molecule has 1 aliphatic rings. The molecule has 5 heteroatoms. The number of piperidine rings is 1. The van der Waals surface area contributed by atoms with E-state index < -0.39 is 5.97 Å². The second kappa shape index (κ2) is 6.71. The van der Waals surface area contributed by atoms with Gasteiger partial charge in [-0.15, -0.1) is 11.8 Å². The standard InChI is InChI=1S/C16H24N2O2S/c1-16(7-9-18(2)10-8-16)11-17-12-5-4-6-13(21-3)14(12)15(19)20/h4-6,17H,7-11H2,1-3H3,(H,19,20). The predicted molar refractivity (Wildman–Crippen MR) is 88.5 cm³/mol. The highest BCUT2D eigenvalue weighted by atomic mass is 32.2. The summed E-state index contributed by atoms with van der Waals surface area (Å²) in [5.41, 5.74) is 1.36. The molecule has 2 N–H and O–H groups in total. The number of benzene rings is 1. The van der Waals surface area contributed by atoms with Gasteiger partial charge in [-0.2, -0.15) is 0 Å². The van der Waals surface area contributed by atoms with Crippen molar-refractivity contribution in [2.75, 3.05) is 38.3 Å². The molecule has 1 aromatic carbocycles. The molecule has 1 aromatic rings. The van der Waals surface area contributed by atoms with Crippen molar-refractivity contribution in [1.82, 2.24) is 4.90 Å². The van der Waals surface area contributed by atoms with Crippen LogP contribution in [0, 0.1) is 5.41 Å². The Morgan fingerprint density at radius 3 is 2.67 bits per heavy atom. The maximum absolute atomic E-state index is 11.5. The summed E-state index contributed by atoms with van der Waals surface area (Å²) in [7, 11) is 2.15. The second-order valence-electron chi connectivity index (χ2n) is 6.16. The molecular weight excluding hydrogens is 284 g/mol. The third kappa shape index (κ3) is 3.92. The molecule has 1 saturated heterocycles. The summed E-state index contributed by atoms with van der Waals surface area (Å²) in [6, 6.07) is 5.63. The summed E-state index contributed by atoms with van der Waals surface area (Å²) < 4.78 is 0. The largest absolute Gasteiger partial charge is 0.478 e. The van der Waals surface area contributed by atoms with Gasteiger partial charge in [-0.3, -0.25) is 0 Å². The normalized spacial score (nSPS) is 18.4. The molecule has 0 unspecified atom stereocenters. The van der Waals surface area contributed by atoms with Crippen LogP contribution in [0.4, 0.5) is 5.69 Å². The third-order valence-corrected chi connectivity index (χ3v) is 5.14. The molecule has 0 radical (unpaired) electrons. The smallest absolute Gasteiger partial charge is 0.338 e. The maximum Gasteiger partial charge on any atom is 0.338 e. The molecule has 0 bridgehead atoms. The minimum atomic E-state index is -0.865. The van der Waals surface area contributed by atoms with Crippen molar-refractivity contribution >= 4 is 23.4 Å². The Labute approximate surface area is 130 Å². The summed E-state index contributed by atoms with van der Waals surface area (Å²) in [6.45, 7) is 5.31. The van der Waals surface area contributed by atoms with Gasteiger partial charge < -0.3 is 15.3 Å². The molecule has 4 nitrogen and oxygen atoms in total. The number of carboxylic acid groups (broad SMARTS) is 1. The molecule has 0 aromatic heterocycles. The van der Waals surface area contributed by atoms with E-state index in [-0.39, 0.29) is 5.41 Å². The number of nitrogens with zero attached hydrogens (tertiary/aromatic N) is 1. The molecule has 116 valence electrons. The highest BCUT2D eigenvalue weighted by molar-refractivity contribution is 7.98. The summed E-state index contributed by atoms with van der Waals surface area (Å²) in [6.07, 6.45) is 4.19. The van der Waals surface area contributed by atoms with Crippen LogP contribution in [0.1, 0.15) is 30.1 Å². The first-order valence-corrected chi connectivity index (χ1v) is 8.50. The molecular formula is C16H24N2O2S. The average Bonchev–Trinajstić information content (AvgIpc) is 2.48. The van der Waals surface area contributed by atoms with Crippen LogP contribution in [0.15, 0.2) is 23.1 Å². The van der Waals surface area contributed by atoms with Crippen molar-refractivity contribution in [3.8, 4) is 0 Å². The number of rotatable bonds is 5. The number of hydrogen-bond donors (Lipinski definition) is 2. The van der Waals surface area contributed by atoms with E-state index in [9.17, 15) is 9.90 Å². The minimum absolute atomic E-state index is 0.234. The minimum Gasteiger partial charge on any atom is -0.478 e. The van der Waals surface area contributed by atoms with E-state index in [0.717, 1.165) is 43.1 Å². The first-order valence-electron chi connectivity index (χ1n) is 7.28. The highest BCUT2D eigenvalue weighted by Gasteiger charge is 2.29. The van der Waals surface area contributed by atoms with Crippen LogP contribution in [0.2, 0.25) is 0 Å². The van der Waals surface area contributed by atoms with Crippen molar-refractivity contribution in [3.63, 3.8) is 0 Å². The Morgan fingerprint density at radius 1 is 1.43 bits per heavy atom. The van der Waals surface area contributed by atoms with Crippen LogP contribution in [0.25, 0.3) is 0 Å². The molecule has 0 saturated carbocycles. The Balaban J connectivity index is 2.11. The molecule has 2 rings (SSSR count). The first-order chi connectivity index (χ1) is 9.95. The average molecular weight is 308 g/mol. The van der Waals surface area contributed by atoms with Crippen molar-refractivity contribution < 1.29 is 9.90 Å². The number of carboxylic acids is 1. The molecule has 0 aliphatic carbocycles. The van der Waals surface area contributed by atoms with Gasteiger partial charge in [0, 0.05) is 17.1 Å². The van der Waals surface area contributed by atoms with Crippen molar-refractivity contribution in [1.29, 1.82) is 0 Å².